The lowest BCUT2D eigenvalue weighted by atomic mass is 10.0. The smallest absolute Gasteiger partial charge is 0.135 e. The number of nitrogens with zero attached hydrogens (tertiary/aromatic N) is 2. The molecule has 114 valence electrons. The third-order valence-electron chi connectivity index (χ3n) is 3.08. The maximum atomic E-state index is 9.39. The lowest BCUT2D eigenvalue weighted by molar-refractivity contribution is 0.0830. The molecule has 0 fully saturated rings. The zero-order valence-electron chi connectivity index (χ0n) is 12.1. The Kier molecular flexibility index (Phi) is 6.63. The molecule has 0 aliphatic rings. The van der Waals surface area contributed by atoms with Crippen LogP contribution in [-0.2, 0) is 6.42 Å². The van der Waals surface area contributed by atoms with Crippen LogP contribution in [0.2, 0.25) is 0 Å². The molecule has 0 aromatic carbocycles. The van der Waals surface area contributed by atoms with Crippen LogP contribution in [-0.4, -0.2) is 57.2 Å². The molecule has 0 bridgehead atoms. The van der Waals surface area contributed by atoms with Gasteiger partial charge in [-0.25, -0.2) is 9.97 Å². The van der Waals surface area contributed by atoms with Gasteiger partial charge in [0.05, 0.1) is 19.8 Å². The summed E-state index contributed by atoms with van der Waals surface area (Å²) in [6, 6.07) is 0. The number of aliphatic hydroxyl groups excluding tert-OH is 3. The van der Waals surface area contributed by atoms with Gasteiger partial charge in [-0.3, -0.25) is 0 Å². The molecular formula is C13H24N4O3. The summed E-state index contributed by atoms with van der Waals surface area (Å²) < 4.78 is 0. The second-order valence-corrected chi connectivity index (χ2v) is 4.71. The van der Waals surface area contributed by atoms with E-state index in [1.807, 2.05) is 13.8 Å². The van der Waals surface area contributed by atoms with Crippen molar-refractivity contribution in [2.75, 3.05) is 37.0 Å². The molecule has 0 saturated carbocycles. The van der Waals surface area contributed by atoms with E-state index < -0.39 is 25.4 Å². The van der Waals surface area contributed by atoms with E-state index in [9.17, 15) is 15.3 Å². The minimum absolute atomic E-state index is 0.397. The fourth-order valence-corrected chi connectivity index (χ4v) is 1.85. The van der Waals surface area contributed by atoms with Crippen molar-refractivity contribution in [1.82, 2.24) is 9.97 Å². The fourth-order valence-electron chi connectivity index (χ4n) is 1.85. The van der Waals surface area contributed by atoms with Crippen LogP contribution in [0.4, 0.5) is 11.6 Å². The van der Waals surface area contributed by atoms with E-state index >= 15 is 0 Å². The summed E-state index contributed by atoms with van der Waals surface area (Å²) in [4.78, 5) is 8.38. The lowest BCUT2D eigenvalue weighted by Crippen LogP contribution is -2.49. The third kappa shape index (κ3) is 3.78. The molecule has 0 atom stereocenters. The van der Waals surface area contributed by atoms with Crippen molar-refractivity contribution in [3.63, 3.8) is 0 Å². The molecule has 1 rings (SSSR count). The zero-order valence-corrected chi connectivity index (χ0v) is 12.1. The SMILES string of the molecule is CCCc1c(NCC)ncnc1NC(CO)(CO)CO. The molecule has 0 saturated heterocycles. The van der Waals surface area contributed by atoms with Crippen LogP contribution in [0.15, 0.2) is 6.33 Å². The van der Waals surface area contributed by atoms with E-state index in [1.165, 1.54) is 6.33 Å². The highest BCUT2D eigenvalue weighted by Crippen LogP contribution is 2.24. The van der Waals surface area contributed by atoms with Gasteiger partial charge in [-0.1, -0.05) is 13.3 Å². The van der Waals surface area contributed by atoms with Crippen molar-refractivity contribution in [1.29, 1.82) is 0 Å². The van der Waals surface area contributed by atoms with Crippen molar-refractivity contribution in [3.8, 4) is 0 Å². The van der Waals surface area contributed by atoms with E-state index in [4.69, 9.17) is 0 Å². The van der Waals surface area contributed by atoms with E-state index in [1.54, 1.807) is 0 Å². The first-order chi connectivity index (χ1) is 9.66. The third-order valence-corrected chi connectivity index (χ3v) is 3.08. The predicted octanol–water partition coefficient (Wildman–Crippen LogP) is -0.0115. The molecule has 5 N–H and O–H groups in total. The minimum Gasteiger partial charge on any atom is -0.394 e. The summed E-state index contributed by atoms with van der Waals surface area (Å²) in [6.45, 7) is 3.57. The van der Waals surface area contributed by atoms with E-state index in [2.05, 4.69) is 20.6 Å². The van der Waals surface area contributed by atoms with Gasteiger partial charge in [0, 0.05) is 12.1 Å². The molecule has 7 heteroatoms. The van der Waals surface area contributed by atoms with Gasteiger partial charge in [0.15, 0.2) is 0 Å². The van der Waals surface area contributed by atoms with Gasteiger partial charge in [-0.05, 0) is 13.3 Å². The highest BCUT2D eigenvalue weighted by Gasteiger charge is 2.29. The van der Waals surface area contributed by atoms with Crippen LogP contribution in [0.3, 0.4) is 0 Å². The summed E-state index contributed by atoms with van der Waals surface area (Å²) in [5, 5.41) is 34.3. The number of aliphatic hydroxyl groups is 3. The monoisotopic (exact) mass is 284 g/mol. The van der Waals surface area contributed by atoms with Gasteiger partial charge in [0.1, 0.15) is 23.5 Å². The topological polar surface area (TPSA) is 111 Å². The molecule has 1 heterocycles. The van der Waals surface area contributed by atoms with E-state index in [-0.39, 0.29) is 0 Å². The van der Waals surface area contributed by atoms with Crippen molar-refractivity contribution in [3.05, 3.63) is 11.9 Å². The first kappa shape index (κ1) is 16.6. The Morgan fingerprint density at radius 1 is 1.05 bits per heavy atom. The molecule has 0 radical (unpaired) electrons. The Hall–Kier alpha value is -1.44. The summed E-state index contributed by atoms with van der Waals surface area (Å²) in [5.41, 5.74) is -0.308. The molecule has 1 aromatic heterocycles. The lowest BCUT2D eigenvalue weighted by Gasteiger charge is -2.30. The Bertz CT molecular complexity index is 402. The summed E-state index contributed by atoms with van der Waals surface area (Å²) >= 11 is 0. The van der Waals surface area contributed by atoms with Crippen LogP contribution in [0.5, 0.6) is 0 Å². The largest absolute Gasteiger partial charge is 0.394 e. The van der Waals surface area contributed by atoms with Gasteiger partial charge >= 0.3 is 0 Å². The van der Waals surface area contributed by atoms with Crippen molar-refractivity contribution >= 4 is 11.6 Å². The van der Waals surface area contributed by atoms with Crippen LogP contribution in [0.25, 0.3) is 0 Å². The van der Waals surface area contributed by atoms with E-state index in [0.29, 0.717) is 5.82 Å². The average molecular weight is 284 g/mol. The number of aromatic nitrogens is 2. The Morgan fingerprint density at radius 3 is 2.15 bits per heavy atom. The first-order valence-electron chi connectivity index (χ1n) is 6.84. The summed E-state index contributed by atoms with van der Waals surface area (Å²) in [7, 11) is 0. The number of nitrogens with one attached hydrogen (secondary N) is 2. The van der Waals surface area contributed by atoms with Gasteiger partial charge < -0.3 is 26.0 Å². The van der Waals surface area contributed by atoms with Gasteiger partial charge in [-0.15, -0.1) is 0 Å². The molecule has 0 aliphatic heterocycles. The summed E-state index contributed by atoms with van der Waals surface area (Å²) in [5.74, 6) is 1.25. The van der Waals surface area contributed by atoms with Crippen molar-refractivity contribution in [2.24, 2.45) is 0 Å². The Balaban J connectivity index is 3.12. The second kappa shape index (κ2) is 7.98. The second-order valence-electron chi connectivity index (χ2n) is 4.71. The Labute approximate surface area is 119 Å². The molecule has 20 heavy (non-hydrogen) atoms. The van der Waals surface area contributed by atoms with Crippen LogP contribution in [0.1, 0.15) is 25.8 Å². The molecule has 7 nitrogen and oxygen atoms in total. The highest BCUT2D eigenvalue weighted by atomic mass is 16.3. The molecule has 0 amide bonds. The van der Waals surface area contributed by atoms with Crippen molar-refractivity contribution in [2.45, 2.75) is 32.2 Å². The highest BCUT2D eigenvalue weighted by molar-refractivity contribution is 5.58. The van der Waals surface area contributed by atoms with Crippen molar-refractivity contribution < 1.29 is 15.3 Å². The standard InChI is InChI=1S/C13H24N4O3/c1-3-5-10-11(14-4-2)15-9-16-12(10)17-13(6-18,7-19)8-20/h9,18-20H,3-8H2,1-2H3,(H2,14,15,16,17). The Morgan fingerprint density at radius 2 is 1.65 bits per heavy atom. The van der Waals surface area contributed by atoms with Crippen LogP contribution in [0, 0.1) is 0 Å². The predicted molar refractivity (Wildman–Crippen MR) is 77.8 cm³/mol. The molecule has 0 spiro atoms. The van der Waals surface area contributed by atoms with Gasteiger partial charge in [0.2, 0.25) is 0 Å². The molecular weight excluding hydrogens is 260 g/mol. The zero-order chi connectivity index (χ0) is 15.0. The van der Waals surface area contributed by atoms with Gasteiger partial charge in [-0.2, -0.15) is 0 Å². The molecule has 0 aliphatic carbocycles. The quantitative estimate of drug-likeness (QED) is 0.434. The minimum atomic E-state index is -1.19. The van der Waals surface area contributed by atoms with Gasteiger partial charge in [0.25, 0.3) is 0 Å². The van der Waals surface area contributed by atoms with Crippen LogP contribution >= 0.6 is 0 Å². The van der Waals surface area contributed by atoms with E-state index in [0.717, 1.165) is 30.8 Å². The fraction of sp³-hybridized carbons (Fsp3) is 0.692. The number of anilines is 2. The average Bonchev–Trinajstić information content (AvgIpc) is 2.48. The number of hydrogen-bond donors (Lipinski definition) is 5. The number of rotatable bonds is 9. The normalized spacial score (nSPS) is 11.4. The molecule has 1 aromatic rings. The maximum absolute atomic E-state index is 9.39. The van der Waals surface area contributed by atoms with Crippen LogP contribution < -0.4 is 10.6 Å². The summed E-state index contributed by atoms with van der Waals surface area (Å²) in [6.07, 6.45) is 3.07. The number of hydrogen-bond acceptors (Lipinski definition) is 7. The first-order valence-corrected chi connectivity index (χ1v) is 6.84. The maximum Gasteiger partial charge on any atom is 0.135 e. The molecule has 0 unspecified atom stereocenters.